The number of thioether (sulfide) groups is 1. The second-order valence-corrected chi connectivity index (χ2v) is 6.47. The zero-order valence-corrected chi connectivity index (χ0v) is 15.1. The van der Waals surface area contributed by atoms with E-state index in [1.165, 1.54) is 25.6 Å². The first-order chi connectivity index (χ1) is 11.9. The van der Waals surface area contributed by atoms with Gasteiger partial charge in [-0.05, 0) is 39.0 Å². The standard InChI is InChI=1S/C19H18N2O3S/c1-12-17(14(3)23)10-15(11-20)19(21-12)25-9-8-24-18-7-5-4-6-16(18)13(2)22/h4-7,10H,8-9H2,1-3H3. The fourth-order valence-corrected chi connectivity index (χ4v) is 3.12. The van der Waals surface area contributed by atoms with Crippen LogP contribution in [0, 0.1) is 18.3 Å². The maximum atomic E-state index is 11.6. The van der Waals surface area contributed by atoms with E-state index in [4.69, 9.17) is 4.74 Å². The van der Waals surface area contributed by atoms with Crippen molar-refractivity contribution in [3.63, 3.8) is 0 Å². The molecule has 5 nitrogen and oxygen atoms in total. The number of hydrogen-bond acceptors (Lipinski definition) is 6. The van der Waals surface area contributed by atoms with E-state index in [1.54, 1.807) is 31.2 Å². The van der Waals surface area contributed by atoms with Gasteiger partial charge in [0.2, 0.25) is 0 Å². The molecule has 0 saturated carbocycles. The van der Waals surface area contributed by atoms with E-state index in [0.717, 1.165) is 0 Å². The molecule has 0 unspecified atom stereocenters. The van der Waals surface area contributed by atoms with Crippen molar-refractivity contribution in [3.8, 4) is 11.8 Å². The molecule has 0 N–H and O–H groups in total. The average molecular weight is 354 g/mol. The van der Waals surface area contributed by atoms with E-state index < -0.39 is 0 Å². The first-order valence-electron chi connectivity index (χ1n) is 7.72. The Balaban J connectivity index is 2.03. The molecule has 128 valence electrons. The van der Waals surface area contributed by atoms with Gasteiger partial charge in [-0.3, -0.25) is 9.59 Å². The average Bonchev–Trinajstić information content (AvgIpc) is 2.58. The minimum atomic E-state index is -0.109. The lowest BCUT2D eigenvalue weighted by Gasteiger charge is -2.10. The summed E-state index contributed by atoms with van der Waals surface area (Å²) in [6, 6.07) is 10.8. The van der Waals surface area contributed by atoms with Gasteiger partial charge >= 0.3 is 0 Å². The number of nitriles is 1. The summed E-state index contributed by atoms with van der Waals surface area (Å²) in [7, 11) is 0. The van der Waals surface area contributed by atoms with Crippen LogP contribution in [0.4, 0.5) is 0 Å². The van der Waals surface area contributed by atoms with Crippen LogP contribution in [0.1, 0.15) is 45.8 Å². The largest absolute Gasteiger partial charge is 0.492 e. The molecule has 0 aliphatic rings. The molecule has 25 heavy (non-hydrogen) atoms. The summed E-state index contributed by atoms with van der Waals surface area (Å²) in [4.78, 5) is 27.5. The van der Waals surface area contributed by atoms with E-state index in [2.05, 4.69) is 11.1 Å². The van der Waals surface area contributed by atoms with Crippen LogP contribution < -0.4 is 4.74 Å². The van der Waals surface area contributed by atoms with Crippen molar-refractivity contribution >= 4 is 23.3 Å². The van der Waals surface area contributed by atoms with Crippen molar-refractivity contribution in [2.24, 2.45) is 0 Å². The Morgan fingerprint density at radius 3 is 2.52 bits per heavy atom. The maximum Gasteiger partial charge on any atom is 0.163 e. The Labute approximate surface area is 151 Å². The highest BCUT2D eigenvalue weighted by atomic mass is 32.2. The van der Waals surface area contributed by atoms with Crippen LogP contribution in [0.2, 0.25) is 0 Å². The molecule has 0 aliphatic heterocycles. The fourth-order valence-electron chi connectivity index (χ4n) is 2.30. The van der Waals surface area contributed by atoms with E-state index >= 15 is 0 Å². The molecule has 0 bridgehead atoms. The van der Waals surface area contributed by atoms with Crippen LogP contribution in [0.5, 0.6) is 5.75 Å². The van der Waals surface area contributed by atoms with Crippen LogP contribution in [0.15, 0.2) is 35.4 Å². The quantitative estimate of drug-likeness (QED) is 0.427. The number of aromatic nitrogens is 1. The molecule has 1 heterocycles. The van der Waals surface area contributed by atoms with Gasteiger partial charge in [0, 0.05) is 17.0 Å². The summed E-state index contributed by atoms with van der Waals surface area (Å²) in [5.74, 6) is 0.953. The third kappa shape index (κ3) is 4.68. The number of Topliss-reactive ketones (excluding diaryl/α,β-unsaturated/α-hetero) is 2. The molecule has 0 atom stereocenters. The molecule has 2 rings (SSSR count). The van der Waals surface area contributed by atoms with Gasteiger partial charge in [-0.1, -0.05) is 12.1 Å². The van der Waals surface area contributed by atoms with Gasteiger partial charge < -0.3 is 4.74 Å². The third-order valence-electron chi connectivity index (χ3n) is 3.52. The fraction of sp³-hybridized carbons (Fsp3) is 0.263. The lowest BCUT2D eigenvalue weighted by Crippen LogP contribution is -2.06. The predicted octanol–water partition coefficient (Wildman–Crippen LogP) is 3.84. The molecule has 2 aromatic rings. The van der Waals surface area contributed by atoms with Crippen molar-refractivity contribution in [1.29, 1.82) is 5.26 Å². The Bertz CT molecular complexity index is 856. The summed E-state index contributed by atoms with van der Waals surface area (Å²) in [5, 5.41) is 9.84. The summed E-state index contributed by atoms with van der Waals surface area (Å²) in [5.41, 5.74) is 2.00. The lowest BCUT2D eigenvalue weighted by molar-refractivity contribution is 0.100. The minimum Gasteiger partial charge on any atom is -0.492 e. The second-order valence-electron chi connectivity index (χ2n) is 5.39. The predicted molar refractivity (Wildman–Crippen MR) is 96.4 cm³/mol. The van der Waals surface area contributed by atoms with Crippen LogP contribution in [0.3, 0.4) is 0 Å². The summed E-state index contributed by atoms with van der Waals surface area (Å²) in [6.07, 6.45) is 0. The van der Waals surface area contributed by atoms with E-state index in [1.807, 2.05) is 6.07 Å². The molecular weight excluding hydrogens is 336 g/mol. The highest BCUT2D eigenvalue weighted by Crippen LogP contribution is 2.24. The van der Waals surface area contributed by atoms with Crippen molar-refractivity contribution < 1.29 is 14.3 Å². The zero-order valence-electron chi connectivity index (χ0n) is 14.3. The molecule has 0 fully saturated rings. The molecule has 0 amide bonds. The van der Waals surface area contributed by atoms with Gasteiger partial charge in [-0.25, -0.2) is 4.98 Å². The van der Waals surface area contributed by atoms with Crippen molar-refractivity contribution in [2.75, 3.05) is 12.4 Å². The molecule has 6 heteroatoms. The SMILES string of the molecule is CC(=O)c1ccccc1OCCSc1nc(C)c(C(C)=O)cc1C#N. The highest BCUT2D eigenvalue weighted by molar-refractivity contribution is 7.99. The molecule has 1 aromatic carbocycles. The number of para-hydroxylation sites is 1. The number of carbonyl (C=O) groups is 2. The van der Waals surface area contributed by atoms with Crippen LogP contribution in [0.25, 0.3) is 0 Å². The Kier molecular flexibility index (Phi) is 6.31. The lowest BCUT2D eigenvalue weighted by atomic mass is 10.1. The van der Waals surface area contributed by atoms with Crippen molar-refractivity contribution in [1.82, 2.24) is 4.98 Å². The Morgan fingerprint density at radius 1 is 1.20 bits per heavy atom. The Morgan fingerprint density at radius 2 is 1.88 bits per heavy atom. The van der Waals surface area contributed by atoms with Crippen LogP contribution in [-0.4, -0.2) is 28.9 Å². The second kappa shape index (κ2) is 8.45. The van der Waals surface area contributed by atoms with Gasteiger partial charge in [0.25, 0.3) is 0 Å². The first kappa shape index (κ1) is 18.7. The normalized spacial score (nSPS) is 10.2. The number of benzene rings is 1. The smallest absolute Gasteiger partial charge is 0.163 e. The molecule has 1 aromatic heterocycles. The molecule has 0 spiro atoms. The number of hydrogen-bond donors (Lipinski definition) is 0. The monoisotopic (exact) mass is 354 g/mol. The van der Waals surface area contributed by atoms with Gasteiger partial charge in [0.1, 0.15) is 16.8 Å². The van der Waals surface area contributed by atoms with E-state index in [-0.39, 0.29) is 11.6 Å². The summed E-state index contributed by atoms with van der Waals surface area (Å²) < 4.78 is 5.68. The molecular formula is C19H18N2O3S. The number of ether oxygens (including phenoxy) is 1. The van der Waals surface area contributed by atoms with Crippen molar-refractivity contribution in [3.05, 3.63) is 52.7 Å². The third-order valence-corrected chi connectivity index (χ3v) is 4.48. The number of rotatable bonds is 7. The number of aryl methyl sites for hydroxylation is 1. The molecule has 0 radical (unpaired) electrons. The Hall–Kier alpha value is -2.65. The van der Waals surface area contributed by atoms with Crippen LogP contribution >= 0.6 is 11.8 Å². The molecule has 0 aliphatic carbocycles. The van der Waals surface area contributed by atoms with E-state index in [9.17, 15) is 14.9 Å². The van der Waals surface area contributed by atoms with Gasteiger partial charge in [-0.15, -0.1) is 11.8 Å². The van der Waals surface area contributed by atoms with Gasteiger partial charge in [-0.2, -0.15) is 5.26 Å². The minimum absolute atomic E-state index is 0.0490. The number of ketones is 2. The topological polar surface area (TPSA) is 80.0 Å². The van der Waals surface area contributed by atoms with Gasteiger partial charge in [0.05, 0.1) is 17.7 Å². The highest BCUT2D eigenvalue weighted by Gasteiger charge is 2.13. The maximum absolute atomic E-state index is 11.6. The summed E-state index contributed by atoms with van der Waals surface area (Å²) in [6.45, 7) is 5.08. The number of nitrogens with zero attached hydrogens (tertiary/aromatic N) is 2. The molecule has 0 saturated heterocycles. The zero-order chi connectivity index (χ0) is 18.4. The number of pyridine rings is 1. The van der Waals surface area contributed by atoms with E-state index in [0.29, 0.717) is 45.5 Å². The van der Waals surface area contributed by atoms with Crippen molar-refractivity contribution in [2.45, 2.75) is 25.8 Å². The van der Waals surface area contributed by atoms with Gasteiger partial charge in [0.15, 0.2) is 11.6 Å². The first-order valence-corrected chi connectivity index (χ1v) is 8.70. The summed E-state index contributed by atoms with van der Waals surface area (Å²) >= 11 is 1.38. The van der Waals surface area contributed by atoms with Crippen LogP contribution in [-0.2, 0) is 0 Å². The number of carbonyl (C=O) groups excluding carboxylic acids is 2.